The first-order chi connectivity index (χ1) is 16.5. The fourth-order valence-corrected chi connectivity index (χ4v) is 5.84. The SMILES string of the molecule is C=CCCc1ccc(OC(=O)c2ccc(C3CCC4CC(/C=C/C)CCC4C3)cc2F)cc1F. The van der Waals surface area contributed by atoms with Gasteiger partial charge in [-0.3, -0.25) is 0 Å². The minimum atomic E-state index is -0.812. The van der Waals surface area contributed by atoms with Gasteiger partial charge in [0, 0.05) is 6.07 Å². The van der Waals surface area contributed by atoms with Gasteiger partial charge in [0.1, 0.15) is 17.4 Å². The van der Waals surface area contributed by atoms with Gasteiger partial charge in [0.05, 0.1) is 5.56 Å². The molecule has 4 atom stereocenters. The highest BCUT2D eigenvalue weighted by Gasteiger charge is 2.35. The van der Waals surface area contributed by atoms with Crippen LogP contribution in [0.4, 0.5) is 8.78 Å². The van der Waals surface area contributed by atoms with Gasteiger partial charge in [0.2, 0.25) is 0 Å². The zero-order valence-corrected chi connectivity index (χ0v) is 19.9. The van der Waals surface area contributed by atoms with Crippen LogP contribution in [0.3, 0.4) is 0 Å². The van der Waals surface area contributed by atoms with E-state index in [4.69, 9.17) is 4.74 Å². The number of hydrogen-bond acceptors (Lipinski definition) is 2. The van der Waals surface area contributed by atoms with Crippen LogP contribution in [0.2, 0.25) is 0 Å². The quantitative estimate of drug-likeness (QED) is 0.235. The van der Waals surface area contributed by atoms with Crippen molar-refractivity contribution < 1.29 is 18.3 Å². The number of benzene rings is 2. The topological polar surface area (TPSA) is 26.3 Å². The number of esters is 1. The summed E-state index contributed by atoms with van der Waals surface area (Å²) in [6.07, 6.45) is 14.5. The average Bonchev–Trinajstić information content (AvgIpc) is 2.83. The number of hydrogen-bond donors (Lipinski definition) is 0. The first-order valence-corrected chi connectivity index (χ1v) is 12.5. The monoisotopic (exact) mass is 464 g/mol. The van der Waals surface area contributed by atoms with Crippen LogP contribution in [0.1, 0.15) is 79.3 Å². The van der Waals surface area contributed by atoms with E-state index in [1.165, 1.54) is 49.9 Å². The third-order valence-corrected chi connectivity index (χ3v) is 7.66. The predicted molar refractivity (Wildman–Crippen MR) is 132 cm³/mol. The maximum absolute atomic E-state index is 14.9. The van der Waals surface area contributed by atoms with Crippen molar-refractivity contribution in [3.63, 3.8) is 0 Å². The van der Waals surface area contributed by atoms with Crippen molar-refractivity contribution in [1.29, 1.82) is 0 Å². The zero-order valence-electron chi connectivity index (χ0n) is 19.9. The van der Waals surface area contributed by atoms with Crippen molar-refractivity contribution >= 4 is 5.97 Å². The molecule has 2 fully saturated rings. The fraction of sp³-hybridized carbons (Fsp3) is 0.433. The normalized spacial score (nSPS) is 24.6. The molecule has 0 spiro atoms. The molecule has 0 N–H and O–H groups in total. The highest BCUT2D eigenvalue weighted by atomic mass is 19.1. The van der Waals surface area contributed by atoms with E-state index in [-0.39, 0.29) is 11.3 Å². The molecule has 4 rings (SSSR count). The molecule has 2 nitrogen and oxygen atoms in total. The number of rotatable bonds is 7. The Hall–Kier alpha value is -2.75. The first-order valence-electron chi connectivity index (χ1n) is 12.5. The van der Waals surface area contributed by atoms with E-state index in [2.05, 4.69) is 25.7 Å². The largest absolute Gasteiger partial charge is 0.423 e. The van der Waals surface area contributed by atoms with Crippen molar-refractivity contribution in [2.75, 3.05) is 0 Å². The summed E-state index contributed by atoms with van der Waals surface area (Å²) >= 11 is 0. The smallest absolute Gasteiger partial charge is 0.346 e. The van der Waals surface area contributed by atoms with Gasteiger partial charge in [-0.25, -0.2) is 13.6 Å². The molecule has 180 valence electrons. The van der Waals surface area contributed by atoms with Gasteiger partial charge < -0.3 is 4.74 Å². The first kappa shape index (κ1) is 24.4. The average molecular weight is 465 g/mol. The number of aryl methyl sites for hydroxylation is 1. The van der Waals surface area contributed by atoms with E-state index < -0.39 is 17.6 Å². The summed E-state index contributed by atoms with van der Waals surface area (Å²) in [5.74, 6) is 0.751. The lowest BCUT2D eigenvalue weighted by Gasteiger charge is -2.41. The molecule has 0 aromatic heterocycles. The molecule has 4 unspecified atom stereocenters. The van der Waals surface area contributed by atoms with E-state index in [0.717, 1.165) is 24.3 Å². The molecule has 4 heteroatoms. The van der Waals surface area contributed by atoms with Crippen molar-refractivity contribution in [3.05, 3.63) is 89.5 Å². The summed E-state index contributed by atoms with van der Waals surface area (Å²) < 4.78 is 34.4. The van der Waals surface area contributed by atoms with E-state index in [9.17, 15) is 13.6 Å². The molecule has 0 radical (unpaired) electrons. The highest BCUT2D eigenvalue weighted by molar-refractivity contribution is 5.91. The molecule has 2 aromatic carbocycles. The van der Waals surface area contributed by atoms with Crippen molar-refractivity contribution in [2.45, 2.75) is 64.2 Å². The second kappa shape index (κ2) is 11.1. The Morgan fingerprint density at radius 2 is 1.82 bits per heavy atom. The van der Waals surface area contributed by atoms with Crippen LogP contribution >= 0.6 is 0 Å². The highest BCUT2D eigenvalue weighted by Crippen LogP contribution is 2.48. The fourth-order valence-electron chi connectivity index (χ4n) is 5.84. The van der Waals surface area contributed by atoms with Gasteiger partial charge in [0.15, 0.2) is 0 Å². The molecule has 2 aliphatic rings. The van der Waals surface area contributed by atoms with Crippen LogP contribution in [0, 0.1) is 29.4 Å². The predicted octanol–water partition coefficient (Wildman–Crippen LogP) is 8.18. The lowest BCUT2D eigenvalue weighted by molar-refractivity contribution is 0.0729. The standard InChI is InChI=1S/C30H34F2O2/c1-3-5-7-21-12-14-26(19-28(21)31)34-30(33)27-15-13-25(18-29(27)32)24-11-10-22-16-20(6-4-2)8-9-23(22)17-24/h3-4,6,12-15,18-20,22-24H,1,5,7-11,16-17H2,2H3/b6-4+. The molecule has 2 saturated carbocycles. The third kappa shape index (κ3) is 5.65. The van der Waals surface area contributed by atoms with Crippen LogP contribution < -0.4 is 4.74 Å². The molecule has 0 bridgehead atoms. The molecule has 0 heterocycles. The van der Waals surface area contributed by atoms with Gasteiger partial charge in [-0.15, -0.1) is 6.58 Å². The maximum atomic E-state index is 14.9. The van der Waals surface area contributed by atoms with Crippen LogP contribution in [-0.2, 0) is 6.42 Å². The number of ether oxygens (including phenoxy) is 1. The van der Waals surface area contributed by atoms with Crippen LogP contribution in [-0.4, -0.2) is 5.97 Å². The number of allylic oxidation sites excluding steroid dienone is 3. The second-order valence-corrected chi connectivity index (χ2v) is 9.84. The second-order valence-electron chi connectivity index (χ2n) is 9.84. The molecule has 2 aliphatic carbocycles. The lowest BCUT2D eigenvalue weighted by Crippen LogP contribution is -2.30. The molecule has 2 aromatic rings. The molecule has 0 aliphatic heterocycles. The Balaban J connectivity index is 1.39. The Morgan fingerprint density at radius 1 is 1.03 bits per heavy atom. The van der Waals surface area contributed by atoms with Gasteiger partial charge in [-0.1, -0.05) is 30.4 Å². The van der Waals surface area contributed by atoms with E-state index in [1.807, 2.05) is 6.07 Å². The number of fused-ring (bicyclic) bond motifs is 1. The number of carbonyl (C=O) groups excluding carboxylic acids is 1. The summed E-state index contributed by atoms with van der Waals surface area (Å²) in [7, 11) is 0. The van der Waals surface area contributed by atoms with E-state index in [0.29, 0.717) is 36.2 Å². The van der Waals surface area contributed by atoms with Gasteiger partial charge in [-0.05, 0) is 111 Å². The van der Waals surface area contributed by atoms with Crippen molar-refractivity contribution in [3.8, 4) is 5.75 Å². The summed E-state index contributed by atoms with van der Waals surface area (Å²) in [5, 5.41) is 0. The third-order valence-electron chi connectivity index (χ3n) is 7.66. The molecule has 0 amide bonds. The van der Waals surface area contributed by atoms with Crippen molar-refractivity contribution in [2.24, 2.45) is 17.8 Å². The van der Waals surface area contributed by atoms with Crippen molar-refractivity contribution in [1.82, 2.24) is 0 Å². The summed E-state index contributed by atoms with van der Waals surface area (Å²) in [6, 6.07) is 9.16. The summed E-state index contributed by atoms with van der Waals surface area (Å²) in [6.45, 7) is 5.73. The molecule has 0 saturated heterocycles. The Kier molecular flexibility index (Phi) is 7.97. The number of carbonyl (C=O) groups is 1. The van der Waals surface area contributed by atoms with Gasteiger partial charge in [-0.2, -0.15) is 0 Å². The maximum Gasteiger partial charge on any atom is 0.346 e. The molecular weight excluding hydrogens is 430 g/mol. The van der Waals surface area contributed by atoms with Gasteiger partial charge >= 0.3 is 5.97 Å². The van der Waals surface area contributed by atoms with Gasteiger partial charge in [0.25, 0.3) is 0 Å². The molecule has 34 heavy (non-hydrogen) atoms. The Labute approximate surface area is 201 Å². The van der Waals surface area contributed by atoms with Crippen LogP contribution in [0.5, 0.6) is 5.75 Å². The summed E-state index contributed by atoms with van der Waals surface area (Å²) in [4.78, 5) is 12.6. The Bertz CT molecular complexity index is 1060. The van der Waals surface area contributed by atoms with Crippen LogP contribution in [0.15, 0.2) is 61.2 Å². The minimum absolute atomic E-state index is 0.0696. The van der Waals surface area contributed by atoms with E-state index >= 15 is 0 Å². The molecular formula is C30H34F2O2. The number of halogens is 2. The lowest BCUT2D eigenvalue weighted by atomic mass is 9.64. The Morgan fingerprint density at radius 3 is 2.56 bits per heavy atom. The summed E-state index contributed by atoms with van der Waals surface area (Å²) in [5.41, 5.74) is 1.36. The zero-order chi connectivity index (χ0) is 24.1. The minimum Gasteiger partial charge on any atom is -0.423 e. The van der Waals surface area contributed by atoms with E-state index in [1.54, 1.807) is 12.1 Å². The van der Waals surface area contributed by atoms with Crippen LogP contribution in [0.25, 0.3) is 0 Å².